The van der Waals surface area contributed by atoms with E-state index in [4.69, 9.17) is 4.74 Å². The van der Waals surface area contributed by atoms with Gasteiger partial charge in [0.05, 0.1) is 12.6 Å². The maximum Gasteiger partial charge on any atom is 0.123 e. The molecule has 29 heavy (non-hydrogen) atoms. The summed E-state index contributed by atoms with van der Waals surface area (Å²) in [6, 6.07) is 40.1. The number of nitrogens with one attached hydrogen (secondary N) is 1. The van der Waals surface area contributed by atoms with Gasteiger partial charge in [0.1, 0.15) is 5.75 Å². The Balaban J connectivity index is 1.88. The van der Waals surface area contributed by atoms with Crippen LogP contribution in [0, 0.1) is 0 Å². The monoisotopic (exact) mass is 379 g/mol. The number of ether oxygens (including phenoxy) is 1. The van der Waals surface area contributed by atoms with Crippen molar-refractivity contribution >= 4 is 0 Å². The van der Waals surface area contributed by atoms with Gasteiger partial charge in [0.2, 0.25) is 0 Å². The van der Waals surface area contributed by atoms with E-state index in [1.54, 1.807) is 7.11 Å². The quantitative estimate of drug-likeness (QED) is 0.411. The molecule has 0 spiro atoms. The van der Waals surface area contributed by atoms with Crippen LogP contribution in [-0.4, -0.2) is 7.11 Å². The lowest BCUT2D eigenvalue weighted by Crippen LogP contribution is -2.44. The fourth-order valence-corrected chi connectivity index (χ4v) is 3.95. The molecule has 4 aromatic carbocycles. The Bertz CT molecular complexity index is 933. The number of benzene rings is 4. The molecule has 4 aromatic rings. The molecule has 1 N–H and O–H groups in total. The van der Waals surface area contributed by atoms with E-state index >= 15 is 0 Å². The average molecular weight is 380 g/mol. The normalized spacial score (nSPS) is 11.2. The van der Waals surface area contributed by atoms with Crippen LogP contribution in [0.25, 0.3) is 0 Å². The molecule has 0 unspecified atom stereocenters. The van der Waals surface area contributed by atoms with Gasteiger partial charge in [-0.1, -0.05) is 109 Å². The van der Waals surface area contributed by atoms with Gasteiger partial charge in [0.15, 0.2) is 0 Å². The van der Waals surface area contributed by atoms with Crippen LogP contribution in [0.5, 0.6) is 5.75 Å². The van der Waals surface area contributed by atoms with Crippen molar-refractivity contribution in [2.45, 2.75) is 12.1 Å². The predicted molar refractivity (Wildman–Crippen MR) is 119 cm³/mol. The Morgan fingerprint density at radius 2 is 1.00 bits per heavy atom. The zero-order valence-corrected chi connectivity index (χ0v) is 16.6. The van der Waals surface area contributed by atoms with Gasteiger partial charge >= 0.3 is 0 Å². The maximum absolute atomic E-state index is 5.59. The lowest BCUT2D eigenvalue weighted by molar-refractivity contribution is 0.401. The van der Waals surface area contributed by atoms with Crippen LogP contribution < -0.4 is 10.1 Å². The summed E-state index contributed by atoms with van der Waals surface area (Å²) in [5.41, 5.74) is 4.25. The summed E-state index contributed by atoms with van der Waals surface area (Å²) in [6.07, 6.45) is 0. The molecule has 0 atom stereocenters. The molecule has 0 amide bonds. The van der Waals surface area contributed by atoms with Crippen LogP contribution in [0.2, 0.25) is 0 Å². The third-order valence-corrected chi connectivity index (χ3v) is 5.36. The van der Waals surface area contributed by atoms with Crippen molar-refractivity contribution in [3.05, 3.63) is 138 Å². The molecule has 0 saturated heterocycles. The Morgan fingerprint density at radius 1 is 0.586 bits per heavy atom. The van der Waals surface area contributed by atoms with E-state index < -0.39 is 5.54 Å². The summed E-state index contributed by atoms with van der Waals surface area (Å²) in [5, 5.41) is 3.89. The van der Waals surface area contributed by atoms with Crippen LogP contribution in [0.4, 0.5) is 0 Å². The third kappa shape index (κ3) is 3.80. The lowest BCUT2D eigenvalue weighted by Gasteiger charge is -2.37. The van der Waals surface area contributed by atoms with Gasteiger partial charge in [-0.05, 0) is 22.8 Å². The highest BCUT2D eigenvalue weighted by molar-refractivity contribution is 5.49. The van der Waals surface area contributed by atoms with E-state index in [1.807, 2.05) is 12.1 Å². The molecule has 0 aliphatic heterocycles. The van der Waals surface area contributed by atoms with Crippen molar-refractivity contribution < 1.29 is 4.74 Å². The molecule has 144 valence electrons. The van der Waals surface area contributed by atoms with Gasteiger partial charge in [-0.2, -0.15) is 0 Å². The van der Waals surface area contributed by atoms with Gasteiger partial charge in [-0.25, -0.2) is 0 Å². The summed E-state index contributed by atoms with van der Waals surface area (Å²) in [6.45, 7) is 0.669. The van der Waals surface area contributed by atoms with E-state index in [1.165, 1.54) is 16.7 Å². The zero-order chi connectivity index (χ0) is 19.9. The average Bonchev–Trinajstić information content (AvgIpc) is 2.82. The largest absolute Gasteiger partial charge is 0.496 e. The van der Waals surface area contributed by atoms with Crippen molar-refractivity contribution in [1.29, 1.82) is 0 Å². The molecule has 0 aliphatic rings. The van der Waals surface area contributed by atoms with E-state index in [-0.39, 0.29) is 0 Å². The van der Waals surface area contributed by atoms with Crippen LogP contribution >= 0.6 is 0 Å². The standard InChI is InChI=1S/C27H25NO/c1-29-26-20-12-11-13-22(26)21-28-27(23-14-5-2-6-15-23,24-16-7-3-8-17-24)25-18-9-4-10-19-25/h2-20,28H,21H2,1H3. The topological polar surface area (TPSA) is 21.3 Å². The minimum Gasteiger partial charge on any atom is -0.496 e. The third-order valence-electron chi connectivity index (χ3n) is 5.36. The molecule has 0 aromatic heterocycles. The Hall–Kier alpha value is -3.36. The van der Waals surface area contributed by atoms with E-state index in [0.717, 1.165) is 11.3 Å². The van der Waals surface area contributed by atoms with Gasteiger partial charge in [0.25, 0.3) is 0 Å². The molecule has 4 rings (SSSR count). The fraction of sp³-hybridized carbons (Fsp3) is 0.111. The van der Waals surface area contributed by atoms with Crippen LogP contribution in [-0.2, 0) is 12.1 Å². The number of hydrogen-bond acceptors (Lipinski definition) is 2. The summed E-state index contributed by atoms with van der Waals surface area (Å²) in [4.78, 5) is 0. The van der Waals surface area contributed by atoms with Crippen molar-refractivity contribution in [3.63, 3.8) is 0 Å². The minimum absolute atomic E-state index is 0.482. The summed E-state index contributed by atoms with van der Waals surface area (Å²) in [7, 11) is 1.72. The Labute approximate surface area is 172 Å². The van der Waals surface area contributed by atoms with E-state index in [2.05, 4.69) is 108 Å². The first kappa shape index (κ1) is 19.0. The Morgan fingerprint density at radius 3 is 1.45 bits per heavy atom. The SMILES string of the molecule is COc1ccccc1CNC(c1ccccc1)(c1ccccc1)c1ccccc1. The van der Waals surface area contributed by atoms with Crippen molar-refractivity contribution in [2.75, 3.05) is 7.11 Å². The molecule has 0 saturated carbocycles. The van der Waals surface area contributed by atoms with E-state index in [0.29, 0.717) is 6.54 Å². The number of para-hydroxylation sites is 1. The highest BCUT2D eigenvalue weighted by Gasteiger charge is 2.35. The molecule has 0 heterocycles. The second kappa shape index (κ2) is 8.76. The van der Waals surface area contributed by atoms with E-state index in [9.17, 15) is 0 Å². The van der Waals surface area contributed by atoms with Crippen molar-refractivity contribution in [2.24, 2.45) is 0 Å². The molecule has 2 heteroatoms. The molecule has 2 nitrogen and oxygen atoms in total. The minimum atomic E-state index is -0.482. The summed E-state index contributed by atoms with van der Waals surface area (Å²) in [5.74, 6) is 0.892. The molecule has 0 fully saturated rings. The molecular weight excluding hydrogens is 354 g/mol. The number of rotatable bonds is 7. The second-order valence-corrected chi connectivity index (χ2v) is 7.01. The van der Waals surface area contributed by atoms with Gasteiger partial charge in [0, 0.05) is 12.1 Å². The fourth-order valence-electron chi connectivity index (χ4n) is 3.95. The van der Waals surface area contributed by atoms with Crippen molar-refractivity contribution in [1.82, 2.24) is 5.32 Å². The lowest BCUT2D eigenvalue weighted by atomic mass is 9.77. The number of methoxy groups -OCH3 is 1. The summed E-state index contributed by atoms with van der Waals surface area (Å²) < 4.78 is 5.59. The zero-order valence-electron chi connectivity index (χ0n) is 16.6. The first-order valence-corrected chi connectivity index (χ1v) is 9.88. The number of hydrogen-bond donors (Lipinski definition) is 1. The smallest absolute Gasteiger partial charge is 0.123 e. The highest BCUT2D eigenvalue weighted by atomic mass is 16.5. The highest BCUT2D eigenvalue weighted by Crippen LogP contribution is 2.37. The van der Waals surface area contributed by atoms with Crippen LogP contribution in [0.15, 0.2) is 115 Å². The Kier molecular flexibility index (Phi) is 5.73. The second-order valence-electron chi connectivity index (χ2n) is 7.01. The van der Waals surface area contributed by atoms with Crippen LogP contribution in [0.1, 0.15) is 22.3 Å². The molecular formula is C27H25NO. The molecule has 0 aliphatic carbocycles. The van der Waals surface area contributed by atoms with Crippen LogP contribution in [0.3, 0.4) is 0 Å². The summed E-state index contributed by atoms with van der Waals surface area (Å²) >= 11 is 0. The predicted octanol–water partition coefficient (Wildman–Crippen LogP) is 5.78. The van der Waals surface area contributed by atoms with Gasteiger partial charge < -0.3 is 4.74 Å². The van der Waals surface area contributed by atoms with Gasteiger partial charge in [-0.15, -0.1) is 0 Å². The van der Waals surface area contributed by atoms with Gasteiger partial charge in [-0.3, -0.25) is 5.32 Å². The molecule has 0 radical (unpaired) electrons. The molecule has 0 bridgehead atoms. The first-order chi connectivity index (χ1) is 14.3. The van der Waals surface area contributed by atoms with Crippen molar-refractivity contribution in [3.8, 4) is 5.75 Å². The first-order valence-electron chi connectivity index (χ1n) is 9.88. The maximum atomic E-state index is 5.59.